The number of benzene rings is 2. The molecule has 0 atom stereocenters. The summed E-state index contributed by atoms with van der Waals surface area (Å²) in [7, 11) is 3.41. The van der Waals surface area contributed by atoms with Crippen molar-refractivity contribution in [2.24, 2.45) is 0 Å². The first-order valence-corrected chi connectivity index (χ1v) is 17.2. The molecule has 0 saturated carbocycles. The number of halogens is 2. The van der Waals surface area contributed by atoms with Gasteiger partial charge in [0.25, 0.3) is 0 Å². The fourth-order valence-electron chi connectivity index (χ4n) is 3.57. The van der Waals surface area contributed by atoms with E-state index >= 15 is 0 Å². The first-order valence-electron chi connectivity index (χ1n) is 11.5. The minimum absolute atomic E-state index is 0.0365. The van der Waals surface area contributed by atoms with Gasteiger partial charge in [-0.1, -0.05) is 0 Å². The summed E-state index contributed by atoms with van der Waals surface area (Å²) in [5.74, 6) is 1.63. The molecule has 3 rings (SSSR count). The molecule has 6 nitrogen and oxygen atoms in total. The summed E-state index contributed by atoms with van der Waals surface area (Å²) in [6.45, 7) is 12.0. The van der Waals surface area contributed by atoms with E-state index in [1.807, 2.05) is 46.4 Å². The molecule has 1 aliphatic rings. The Morgan fingerprint density at radius 2 is 1.97 bits per heavy atom. The summed E-state index contributed by atoms with van der Waals surface area (Å²) in [6.07, 6.45) is 0.906. The zero-order chi connectivity index (χ0) is 24.7. The van der Waals surface area contributed by atoms with E-state index in [-0.39, 0.29) is 5.91 Å². The molecule has 1 heterocycles. The molecule has 1 amide bonds. The zero-order valence-electron chi connectivity index (χ0n) is 20.5. The second-order valence-corrected chi connectivity index (χ2v) is 15.8. The Hall–Kier alpha value is -1.20. The van der Waals surface area contributed by atoms with E-state index < -0.39 is 18.7 Å². The molecule has 0 N–H and O–H groups in total. The number of hydrogen-bond donors (Lipinski definition) is 0. The monoisotopic (exact) mass is 620 g/mol. The Morgan fingerprint density at radius 1 is 1.18 bits per heavy atom. The van der Waals surface area contributed by atoms with Crippen molar-refractivity contribution in [1.29, 1.82) is 0 Å². The summed E-state index contributed by atoms with van der Waals surface area (Å²) in [4.78, 5) is 16.1. The molecule has 0 unspecified atom stereocenters. The predicted molar refractivity (Wildman–Crippen MR) is 149 cm³/mol. The van der Waals surface area contributed by atoms with Crippen molar-refractivity contribution < 1.29 is 19.0 Å². The number of rotatable bonds is 12. The number of amides is 1. The van der Waals surface area contributed by atoms with Crippen LogP contribution in [0.3, 0.4) is 0 Å². The third kappa shape index (κ3) is 6.94. The van der Waals surface area contributed by atoms with Gasteiger partial charge in [-0.05, 0) is 0 Å². The van der Waals surface area contributed by atoms with Gasteiger partial charge in [-0.3, -0.25) is 0 Å². The van der Waals surface area contributed by atoms with Crippen molar-refractivity contribution in [2.75, 3.05) is 43.1 Å². The number of methoxy groups -OCH3 is 1. The molecule has 0 fully saturated rings. The third-order valence-electron chi connectivity index (χ3n) is 5.34. The topological polar surface area (TPSA) is 51.2 Å². The van der Waals surface area contributed by atoms with Crippen LogP contribution in [-0.4, -0.2) is 56.9 Å². The molecule has 0 spiro atoms. The van der Waals surface area contributed by atoms with Gasteiger partial charge in [-0.25, -0.2) is 0 Å². The number of nitrogens with zero attached hydrogens (tertiary/aromatic N) is 2. The van der Waals surface area contributed by atoms with Gasteiger partial charge < -0.3 is 0 Å². The molecule has 0 radical (unpaired) electrons. The van der Waals surface area contributed by atoms with Crippen molar-refractivity contribution in [3.63, 3.8) is 0 Å². The molecule has 0 aromatic heterocycles. The number of carbonyl (C=O) groups is 1. The Kier molecular flexibility index (Phi) is 10.6. The minimum atomic E-state index is -2.22. The third-order valence-corrected chi connectivity index (χ3v) is 14.8. The van der Waals surface area contributed by atoms with Crippen LogP contribution in [-0.2, 0) is 9.53 Å². The van der Waals surface area contributed by atoms with Crippen LogP contribution in [0.4, 0.5) is 5.69 Å². The van der Waals surface area contributed by atoms with Crippen molar-refractivity contribution >= 4 is 50.8 Å². The quantitative estimate of drug-likeness (QED) is 0.153. The Labute approximate surface area is 218 Å². The molecule has 0 aliphatic carbocycles. The van der Waals surface area contributed by atoms with Gasteiger partial charge in [0.1, 0.15) is 0 Å². The fraction of sp³-hybridized carbons (Fsp3) is 0.480. The van der Waals surface area contributed by atoms with Crippen LogP contribution in [0.1, 0.15) is 34.1 Å². The molecule has 0 saturated heterocycles. The summed E-state index contributed by atoms with van der Waals surface area (Å²) in [6, 6.07) is 12.1. The second-order valence-electron chi connectivity index (χ2n) is 8.04. The Bertz CT molecular complexity index is 978. The number of fused-ring (bicyclic) bond motifs is 1. The first kappa shape index (κ1) is 27.4. The van der Waals surface area contributed by atoms with Crippen molar-refractivity contribution in [3.8, 4) is 11.5 Å². The molecular weight excluding hydrogens is 587 g/mol. The predicted octanol–water partition coefficient (Wildman–Crippen LogP) is 6.53. The van der Waals surface area contributed by atoms with Gasteiger partial charge in [0.15, 0.2) is 0 Å². The summed E-state index contributed by atoms with van der Waals surface area (Å²) in [5.41, 5.74) is 0.933. The Morgan fingerprint density at radius 3 is 2.65 bits per heavy atom. The Balaban J connectivity index is 1.75. The van der Waals surface area contributed by atoms with Crippen LogP contribution >= 0.6 is 39.2 Å². The maximum absolute atomic E-state index is 12.7. The summed E-state index contributed by atoms with van der Waals surface area (Å²) >= 11 is 4.02. The summed E-state index contributed by atoms with van der Waals surface area (Å²) < 4.78 is 20.4. The van der Waals surface area contributed by atoms with E-state index in [0.29, 0.717) is 17.7 Å². The number of hydrogen-bond acceptors (Lipinski definition) is 6. The van der Waals surface area contributed by atoms with Gasteiger partial charge in [-0.15, -0.1) is 0 Å². The molecule has 0 bridgehead atoms. The first-order chi connectivity index (χ1) is 16.3. The van der Waals surface area contributed by atoms with Crippen LogP contribution in [0.5, 0.6) is 11.5 Å². The van der Waals surface area contributed by atoms with Gasteiger partial charge in [-0.2, -0.15) is 0 Å². The molecule has 188 valence electrons. The van der Waals surface area contributed by atoms with Crippen LogP contribution in [0.2, 0.25) is 5.02 Å². The van der Waals surface area contributed by atoms with Crippen LogP contribution in [0.15, 0.2) is 41.3 Å². The van der Waals surface area contributed by atoms with Crippen LogP contribution in [0.25, 0.3) is 0 Å². The van der Waals surface area contributed by atoms with Crippen molar-refractivity contribution in [1.82, 2.24) is 4.90 Å². The van der Waals surface area contributed by atoms with E-state index in [1.165, 1.54) is 0 Å². The number of anilines is 1. The van der Waals surface area contributed by atoms with Crippen molar-refractivity contribution in [3.05, 3.63) is 45.0 Å². The number of carbonyl (C=O) groups excluding carboxylic acids is 1. The molecule has 2 aromatic carbocycles. The standard InChI is InChI=1S/C25H34ClIN2O4S/c1-6-32-15-13-28(18(2)3)12-7-14-33-24-11-9-21(31-5)17-22(24)27-29(19(4)30)23-10-8-20(26)16-25(23)34-27/h8-11,16-18H,6-7,12-15H2,1-5H3. The molecule has 1 aliphatic heterocycles. The average Bonchev–Trinajstić information content (AvgIpc) is 3.19. The molecule has 2 aromatic rings. The van der Waals surface area contributed by atoms with Gasteiger partial charge >= 0.3 is 219 Å². The van der Waals surface area contributed by atoms with E-state index in [0.717, 1.165) is 58.4 Å². The average molecular weight is 621 g/mol. The van der Waals surface area contributed by atoms with Crippen LogP contribution in [0, 0.1) is 3.57 Å². The van der Waals surface area contributed by atoms with Gasteiger partial charge in [0.05, 0.1) is 0 Å². The fourth-order valence-corrected chi connectivity index (χ4v) is 13.8. The van der Waals surface area contributed by atoms with Crippen LogP contribution < -0.4 is 12.6 Å². The van der Waals surface area contributed by atoms with E-state index in [9.17, 15) is 4.79 Å². The second kappa shape index (κ2) is 13.2. The van der Waals surface area contributed by atoms with E-state index in [1.54, 1.807) is 23.0 Å². The molecule has 34 heavy (non-hydrogen) atoms. The van der Waals surface area contributed by atoms with E-state index in [2.05, 4.69) is 18.7 Å². The summed E-state index contributed by atoms with van der Waals surface area (Å²) in [5, 5.41) is 0.675. The SMILES string of the molecule is CCOCCN(CCCOc1ccc(OC)cc1I1Sc2cc(Cl)ccc2N1C(C)=O)C(C)C. The maximum atomic E-state index is 12.7. The zero-order valence-corrected chi connectivity index (χ0v) is 24.2. The number of ether oxygens (including phenoxy) is 3. The molecular formula is C25H34ClIN2O4S. The normalized spacial score (nSPS) is 14.1. The van der Waals surface area contributed by atoms with E-state index in [4.69, 9.17) is 25.8 Å². The van der Waals surface area contributed by atoms with Gasteiger partial charge in [0.2, 0.25) is 0 Å². The molecule has 9 heteroatoms. The van der Waals surface area contributed by atoms with Crippen molar-refractivity contribution in [2.45, 2.75) is 45.1 Å². The van der Waals surface area contributed by atoms with Gasteiger partial charge in [0, 0.05) is 0 Å².